The van der Waals surface area contributed by atoms with E-state index in [0.717, 1.165) is 26.1 Å². The maximum Gasteiger partial charge on any atom is 0.289 e. The van der Waals surface area contributed by atoms with E-state index in [2.05, 4.69) is 27.7 Å². The third-order valence-corrected chi connectivity index (χ3v) is 4.85. The van der Waals surface area contributed by atoms with Crippen LogP contribution in [0, 0.1) is 5.92 Å². The summed E-state index contributed by atoms with van der Waals surface area (Å²) >= 11 is 1.81. The first-order valence-electron chi connectivity index (χ1n) is 7.79. The van der Waals surface area contributed by atoms with Gasteiger partial charge >= 0.3 is 0 Å². The average Bonchev–Trinajstić information content (AvgIpc) is 3.07. The van der Waals surface area contributed by atoms with Gasteiger partial charge in [-0.25, -0.2) is 0 Å². The molecule has 1 aromatic heterocycles. The standard InChI is InChI=1S/C16H22N2O3S/c19-16(15-12-20-6-7-21-15)17-9-13-3-1-5-18(10-13)11-14-4-2-8-22-14/h2,4,8,12-13H,1,3,5-7,9-11H2,(H,17,19)/t13-/m1/s1. The van der Waals surface area contributed by atoms with Gasteiger partial charge in [-0.15, -0.1) is 11.3 Å². The molecule has 5 nitrogen and oxygen atoms in total. The zero-order chi connectivity index (χ0) is 15.2. The fourth-order valence-electron chi connectivity index (χ4n) is 2.90. The van der Waals surface area contributed by atoms with Crippen LogP contribution in [0.2, 0.25) is 0 Å². The van der Waals surface area contributed by atoms with Gasteiger partial charge in [-0.1, -0.05) is 6.07 Å². The van der Waals surface area contributed by atoms with Gasteiger partial charge in [0, 0.05) is 24.5 Å². The first-order chi connectivity index (χ1) is 10.8. The zero-order valence-electron chi connectivity index (χ0n) is 12.6. The van der Waals surface area contributed by atoms with E-state index in [4.69, 9.17) is 9.47 Å². The monoisotopic (exact) mass is 322 g/mol. The molecule has 0 saturated carbocycles. The van der Waals surface area contributed by atoms with Crippen LogP contribution in [0.5, 0.6) is 0 Å². The topological polar surface area (TPSA) is 50.8 Å². The van der Waals surface area contributed by atoms with Crippen LogP contribution in [0.4, 0.5) is 0 Å². The lowest BCUT2D eigenvalue weighted by Crippen LogP contribution is -2.41. The number of nitrogens with one attached hydrogen (secondary N) is 1. The molecule has 1 aromatic rings. The van der Waals surface area contributed by atoms with Gasteiger partial charge in [-0.3, -0.25) is 9.69 Å². The second-order valence-corrected chi connectivity index (χ2v) is 6.77. The number of likely N-dealkylation sites (tertiary alicyclic amines) is 1. The molecule has 2 aliphatic heterocycles. The quantitative estimate of drug-likeness (QED) is 0.900. The van der Waals surface area contributed by atoms with Gasteiger partial charge in [0.25, 0.3) is 5.91 Å². The summed E-state index contributed by atoms with van der Waals surface area (Å²) in [6.45, 7) is 4.85. The van der Waals surface area contributed by atoms with E-state index in [1.54, 1.807) is 11.3 Å². The molecule has 2 aliphatic rings. The molecule has 1 atom stereocenters. The van der Waals surface area contributed by atoms with Gasteiger partial charge in [0.05, 0.1) is 0 Å². The van der Waals surface area contributed by atoms with Crippen molar-refractivity contribution in [1.82, 2.24) is 10.2 Å². The van der Waals surface area contributed by atoms with Crippen molar-refractivity contribution in [2.75, 3.05) is 32.8 Å². The summed E-state index contributed by atoms with van der Waals surface area (Å²) in [5.41, 5.74) is 0. The van der Waals surface area contributed by atoms with Crippen molar-refractivity contribution in [3.05, 3.63) is 34.4 Å². The van der Waals surface area contributed by atoms with Gasteiger partial charge in [-0.2, -0.15) is 0 Å². The van der Waals surface area contributed by atoms with Crippen LogP contribution in [0.1, 0.15) is 17.7 Å². The van der Waals surface area contributed by atoms with Crippen LogP contribution >= 0.6 is 11.3 Å². The molecule has 0 unspecified atom stereocenters. The molecule has 6 heteroatoms. The summed E-state index contributed by atoms with van der Waals surface area (Å²) in [5.74, 6) is 0.621. The first-order valence-corrected chi connectivity index (χ1v) is 8.67. The zero-order valence-corrected chi connectivity index (χ0v) is 13.4. The van der Waals surface area contributed by atoms with Crippen LogP contribution in [0.3, 0.4) is 0 Å². The Morgan fingerprint density at radius 2 is 2.41 bits per heavy atom. The molecule has 3 rings (SSSR count). The highest BCUT2D eigenvalue weighted by Gasteiger charge is 2.22. The molecule has 22 heavy (non-hydrogen) atoms. The first kappa shape index (κ1) is 15.4. The number of thiophene rings is 1. The number of hydrogen-bond donors (Lipinski definition) is 1. The lowest BCUT2D eigenvalue weighted by molar-refractivity contribution is -0.122. The number of ether oxygens (including phenoxy) is 2. The number of piperidine rings is 1. The Kier molecular flexibility index (Phi) is 5.34. The molecule has 1 amide bonds. The van der Waals surface area contributed by atoms with Crippen molar-refractivity contribution in [3.63, 3.8) is 0 Å². The third-order valence-electron chi connectivity index (χ3n) is 3.99. The normalized spacial score (nSPS) is 22.4. The Morgan fingerprint density at radius 1 is 1.45 bits per heavy atom. The van der Waals surface area contributed by atoms with Crippen LogP contribution in [0.15, 0.2) is 29.5 Å². The summed E-state index contributed by atoms with van der Waals surface area (Å²) in [6.07, 6.45) is 3.76. The number of hydrogen-bond acceptors (Lipinski definition) is 5. The Morgan fingerprint density at radius 3 is 3.18 bits per heavy atom. The van der Waals surface area contributed by atoms with Crippen LogP contribution < -0.4 is 5.32 Å². The van der Waals surface area contributed by atoms with Crippen molar-refractivity contribution in [3.8, 4) is 0 Å². The van der Waals surface area contributed by atoms with E-state index in [0.29, 0.717) is 25.7 Å². The summed E-state index contributed by atoms with van der Waals surface area (Å²) < 4.78 is 10.4. The second kappa shape index (κ2) is 7.65. The van der Waals surface area contributed by atoms with Gasteiger partial charge in [0.15, 0.2) is 0 Å². The smallest absolute Gasteiger partial charge is 0.289 e. The molecule has 1 saturated heterocycles. The predicted octanol–water partition coefficient (Wildman–Crippen LogP) is 1.96. The second-order valence-electron chi connectivity index (χ2n) is 5.73. The number of amides is 1. The van der Waals surface area contributed by atoms with Gasteiger partial charge in [0.2, 0.25) is 5.76 Å². The van der Waals surface area contributed by atoms with Crippen LogP contribution in [-0.4, -0.2) is 43.7 Å². The van der Waals surface area contributed by atoms with Crippen molar-refractivity contribution in [2.24, 2.45) is 5.92 Å². The van der Waals surface area contributed by atoms with Gasteiger partial charge < -0.3 is 14.8 Å². The molecule has 3 heterocycles. The predicted molar refractivity (Wildman–Crippen MR) is 85.3 cm³/mol. The van der Waals surface area contributed by atoms with Crippen molar-refractivity contribution >= 4 is 17.2 Å². The number of nitrogens with zero attached hydrogens (tertiary/aromatic N) is 1. The van der Waals surface area contributed by atoms with Gasteiger partial charge in [-0.05, 0) is 36.8 Å². The highest BCUT2D eigenvalue weighted by molar-refractivity contribution is 7.09. The Hall–Kier alpha value is -1.53. The third kappa shape index (κ3) is 4.24. The Labute approximate surface area is 134 Å². The lowest BCUT2D eigenvalue weighted by Gasteiger charge is -2.32. The van der Waals surface area contributed by atoms with Crippen LogP contribution in [0.25, 0.3) is 0 Å². The van der Waals surface area contributed by atoms with E-state index in [9.17, 15) is 4.79 Å². The van der Waals surface area contributed by atoms with E-state index >= 15 is 0 Å². The van der Waals surface area contributed by atoms with E-state index in [1.165, 1.54) is 17.6 Å². The largest absolute Gasteiger partial charge is 0.494 e. The molecule has 0 radical (unpaired) electrons. The van der Waals surface area contributed by atoms with E-state index in [-0.39, 0.29) is 11.7 Å². The average molecular weight is 322 g/mol. The Balaban J connectivity index is 1.44. The summed E-state index contributed by atoms with van der Waals surface area (Å²) in [4.78, 5) is 15.9. The maximum atomic E-state index is 12.0. The summed E-state index contributed by atoms with van der Waals surface area (Å²) in [5, 5.41) is 5.09. The lowest BCUT2D eigenvalue weighted by atomic mass is 9.98. The number of carbonyl (C=O) groups excluding carboxylic acids is 1. The fourth-order valence-corrected chi connectivity index (χ4v) is 3.64. The minimum absolute atomic E-state index is 0.171. The molecule has 0 aromatic carbocycles. The van der Waals surface area contributed by atoms with E-state index < -0.39 is 0 Å². The summed E-state index contributed by atoms with van der Waals surface area (Å²) in [6, 6.07) is 4.28. The minimum atomic E-state index is -0.171. The number of carbonyl (C=O) groups is 1. The Bertz CT molecular complexity index is 515. The minimum Gasteiger partial charge on any atom is -0.494 e. The van der Waals surface area contributed by atoms with Crippen molar-refractivity contribution < 1.29 is 14.3 Å². The van der Waals surface area contributed by atoms with Crippen molar-refractivity contribution in [2.45, 2.75) is 19.4 Å². The molecule has 120 valence electrons. The fraction of sp³-hybridized carbons (Fsp3) is 0.562. The number of rotatable bonds is 5. The molecule has 0 aliphatic carbocycles. The molecule has 1 N–H and O–H groups in total. The highest BCUT2D eigenvalue weighted by atomic mass is 32.1. The SMILES string of the molecule is O=C(NC[C@H]1CCCN(Cc2cccs2)C1)C1=COCCO1. The molecular weight excluding hydrogens is 300 g/mol. The molecular formula is C16H22N2O3S. The highest BCUT2D eigenvalue weighted by Crippen LogP contribution is 2.20. The molecule has 0 spiro atoms. The van der Waals surface area contributed by atoms with Gasteiger partial charge in [0.1, 0.15) is 19.5 Å². The molecule has 0 bridgehead atoms. The van der Waals surface area contributed by atoms with Crippen LogP contribution in [-0.2, 0) is 20.8 Å². The molecule has 1 fully saturated rings. The van der Waals surface area contributed by atoms with E-state index in [1.807, 2.05) is 0 Å². The maximum absolute atomic E-state index is 12.0. The summed E-state index contributed by atoms with van der Waals surface area (Å²) in [7, 11) is 0. The van der Waals surface area contributed by atoms with Crippen molar-refractivity contribution in [1.29, 1.82) is 0 Å².